The molecule has 22 heavy (non-hydrogen) atoms. The molecule has 0 saturated carbocycles. The van der Waals surface area contributed by atoms with Crippen molar-refractivity contribution < 1.29 is 14.0 Å². The van der Waals surface area contributed by atoms with Crippen LogP contribution in [0.1, 0.15) is 31.7 Å². The summed E-state index contributed by atoms with van der Waals surface area (Å²) in [5.41, 5.74) is 0.597. The SMILES string of the molecule is CC(=O)N(CCC(=O)N1CCCC1)CCc1ccccc1F. The van der Waals surface area contributed by atoms with Gasteiger partial charge in [-0.1, -0.05) is 18.2 Å². The van der Waals surface area contributed by atoms with Gasteiger partial charge in [0.25, 0.3) is 0 Å². The van der Waals surface area contributed by atoms with Gasteiger partial charge in [-0.2, -0.15) is 0 Å². The largest absolute Gasteiger partial charge is 0.343 e. The van der Waals surface area contributed by atoms with E-state index in [1.54, 1.807) is 23.1 Å². The van der Waals surface area contributed by atoms with Crippen molar-refractivity contribution in [2.75, 3.05) is 26.2 Å². The van der Waals surface area contributed by atoms with Gasteiger partial charge in [-0.05, 0) is 30.9 Å². The Balaban J connectivity index is 1.83. The molecule has 120 valence electrons. The molecule has 0 unspecified atom stereocenters. The number of rotatable bonds is 6. The highest BCUT2D eigenvalue weighted by Crippen LogP contribution is 2.11. The highest BCUT2D eigenvalue weighted by atomic mass is 19.1. The third kappa shape index (κ3) is 4.55. The second-order valence-electron chi connectivity index (χ2n) is 5.69. The van der Waals surface area contributed by atoms with E-state index in [4.69, 9.17) is 0 Å². The molecule has 0 bridgehead atoms. The zero-order valence-electron chi connectivity index (χ0n) is 13.1. The topological polar surface area (TPSA) is 40.6 Å². The van der Waals surface area contributed by atoms with Crippen LogP contribution in [0.15, 0.2) is 24.3 Å². The van der Waals surface area contributed by atoms with Crippen molar-refractivity contribution in [3.63, 3.8) is 0 Å². The fraction of sp³-hybridized carbons (Fsp3) is 0.529. The smallest absolute Gasteiger partial charge is 0.224 e. The van der Waals surface area contributed by atoms with Crippen LogP contribution in [0.2, 0.25) is 0 Å². The summed E-state index contributed by atoms with van der Waals surface area (Å²) in [7, 11) is 0. The molecular formula is C17H23FN2O2. The lowest BCUT2D eigenvalue weighted by Crippen LogP contribution is -2.36. The molecule has 0 radical (unpaired) electrons. The van der Waals surface area contributed by atoms with E-state index in [1.807, 2.05) is 4.90 Å². The summed E-state index contributed by atoms with van der Waals surface area (Å²) in [5, 5.41) is 0. The number of likely N-dealkylation sites (tertiary alicyclic amines) is 1. The number of benzene rings is 1. The Morgan fingerprint density at radius 3 is 2.50 bits per heavy atom. The summed E-state index contributed by atoms with van der Waals surface area (Å²) < 4.78 is 13.6. The van der Waals surface area contributed by atoms with Gasteiger partial charge in [-0.15, -0.1) is 0 Å². The first-order valence-corrected chi connectivity index (χ1v) is 7.84. The lowest BCUT2D eigenvalue weighted by atomic mass is 10.1. The van der Waals surface area contributed by atoms with Crippen molar-refractivity contribution >= 4 is 11.8 Å². The lowest BCUT2D eigenvalue weighted by molar-refractivity contribution is -0.132. The van der Waals surface area contributed by atoms with Gasteiger partial charge in [-0.25, -0.2) is 4.39 Å². The van der Waals surface area contributed by atoms with E-state index in [1.165, 1.54) is 13.0 Å². The van der Waals surface area contributed by atoms with Crippen molar-refractivity contribution in [3.8, 4) is 0 Å². The summed E-state index contributed by atoms with van der Waals surface area (Å²) in [6.45, 7) is 3.98. The monoisotopic (exact) mass is 306 g/mol. The van der Waals surface area contributed by atoms with Crippen molar-refractivity contribution in [2.45, 2.75) is 32.6 Å². The number of carbonyl (C=O) groups excluding carboxylic acids is 2. The van der Waals surface area contributed by atoms with Crippen LogP contribution in [0.5, 0.6) is 0 Å². The van der Waals surface area contributed by atoms with Crippen LogP contribution >= 0.6 is 0 Å². The van der Waals surface area contributed by atoms with Gasteiger partial charge in [0.05, 0.1) is 0 Å². The molecule has 1 saturated heterocycles. The lowest BCUT2D eigenvalue weighted by Gasteiger charge is -2.22. The second kappa shape index (κ2) is 7.92. The van der Waals surface area contributed by atoms with Gasteiger partial charge < -0.3 is 9.80 Å². The Morgan fingerprint density at radius 2 is 1.86 bits per heavy atom. The molecule has 0 N–H and O–H groups in total. The molecule has 1 heterocycles. The van der Waals surface area contributed by atoms with E-state index in [2.05, 4.69) is 0 Å². The maximum absolute atomic E-state index is 13.6. The van der Waals surface area contributed by atoms with Crippen LogP contribution in [-0.2, 0) is 16.0 Å². The maximum Gasteiger partial charge on any atom is 0.224 e. The minimum absolute atomic E-state index is 0.0782. The third-order valence-electron chi connectivity index (χ3n) is 4.11. The molecule has 1 aliphatic heterocycles. The van der Waals surface area contributed by atoms with Crippen molar-refractivity contribution in [2.24, 2.45) is 0 Å². The van der Waals surface area contributed by atoms with Crippen LogP contribution in [0.3, 0.4) is 0 Å². The van der Waals surface area contributed by atoms with E-state index in [0.717, 1.165) is 25.9 Å². The standard InChI is InChI=1S/C17H23FN2O2/c1-14(21)19(12-8-15-6-2-3-7-16(15)18)13-9-17(22)20-10-4-5-11-20/h2-3,6-7H,4-5,8-13H2,1H3. The van der Waals surface area contributed by atoms with E-state index in [9.17, 15) is 14.0 Å². The van der Waals surface area contributed by atoms with Crippen LogP contribution in [0, 0.1) is 5.82 Å². The average Bonchev–Trinajstić information content (AvgIpc) is 3.02. The summed E-state index contributed by atoms with van der Waals surface area (Å²) in [6, 6.07) is 6.58. The molecule has 1 aromatic rings. The van der Waals surface area contributed by atoms with E-state index in [-0.39, 0.29) is 17.6 Å². The van der Waals surface area contributed by atoms with E-state index < -0.39 is 0 Å². The molecule has 1 aromatic carbocycles. The van der Waals surface area contributed by atoms with E-state index in [0.29, 0.717) is 31.5 Å². The minimum Gasteiger partial charge on any atom is -0.343 e. The zero-order valence-corrected chi connectivity index (χ0v) is 13.1. The molecule has 5 heteroatoms. The number of carbonyl (C=O) groups is 2. The van der Waals surface area contributed by atoms with Crippen LogP contribution < -0.4 is 0 Å². The molecule has 0 atom stereocenters. The molecule has 0 aliphatic carbocycles. The molecule has 0 aromatic heterocycles. The molecule has 2 amide bonds. The number of amides is 2. The Morgan fingerprint density at radius 1 is 1.18 bits per heavy atom. The van der Waals surface area contributed by atoms with Gasteiger partial charge in [-0.3, -0.25) is 9.59 Å². The highest BCUT2D eigenvalue weighted by molar-refractivity contribution is 5.78. The quantitative estimate of drug-likeness (QED) is 0.808. The van der Waals surface area contributed by atoms with Gasteiger partial charge in [0.1, 0.15) is 5.82 Å². The average molecular weight is 306 g/mol. The summed E-state index contributed by atoms with van der Waals surface area (Å²) in [4.78, 5) is 27.2. The first-order valence-electron chi connectivity index (χ1n) is 7.84. The minimum atomic E-state index is -0.251. The van der Waals surface area contributed by atoms with Crippen LogP contribution in [0.4, 0.5) is 4.39 Å². The summed E-state index contributed by atoms with van der Waals surface area (Å²) >= 11 is 0. The number of halogens is 1. The second-order valence-corrected chi connectivity index (χ2v) is 5.69. The van der Waals surface area contributed by atoms with Gasteiger partial charge in [0, 0.05) is 39.5 Å². The highest BCUT2D eigenvalue weighted by Gasteiger charge is 2.19. The molecule has 1 aliphatic rings. The van der Waals surface area contributed by atoms with Crippen LogP contribution in [-0.4, -0.2) is 47.8 Å². The maximum atomic E-state index is 13.6. The molecule has 2 rings (SSSR count). The molecule has 1 fully saturated rings. The Labute approximate surface area is 130 Å². The fourth-order valence-corrected chi connectivity index (χ4v) is 2.74. The predicted octanol–water partition coefficient (Wildman–Crippen LogP) is 2.23. The first kappa shape index (κ1) is 16.5. The Bertz CT molecular complexity index is 527. The van der Waals surface area contributed by atoms with Crippen molar-refractivity contribution in [3.05, 3.63) is 35.6 Å². The number of nitrogens with zero attached hydrogens (tertiary/aromatic N) is 2. The van der Waals surface area contributed by atoms with Gasteiger partial charge >= 0.3 is 0 Å². The van der Waals surface area contributed by atoms with Crippen molar-refractivity contribution in [1.82, 2.24) is 9.80 Å². The van der Waals surface area contributed by atoms with Crippen molar-refractivity contribution in [1.29, 1.82) is 0 Å². The van der Waals surface area contributed by atoms with Gasteiger partial charge in [0.2, 0.25) is 11.8 Å². The molecular weight excluding hydrogens is 283 g/mol. The molecule has 4 nitrogen and oxygen atoms in total. The Kier molecular flexibility index (Phi) is 5.92. The Hall–Kier alpha value is -1.91. The number of hydrogen-bond donors (Lipinski definition) is 0. The van der Waals surface area contributed by atoms with E-state index >= 15 is 0 Å². The fourth-order valence-electron chi connectivity index (χ4n) is 2.74. The normalized spacial score (nSPS) is 14.2. The predicted molar refractivity (Wildman–Crippen MR) is 82.8 cm³/mol. The van der Waals surface area contributed by atoms with Gasteiger partial charge in [0.15, 0.2) is 0 Å². The summed E-state index contributed by atoms with van der Waals surface area (Å²) in [6.07, 6.45) is 2.94. The van der Waals surface area contributed by atoms with Crippen LogP contribution in [0.25, 0.3) is 0 Å². The molecule has 0 spiro atoms. The summed E-state index contributed by atoms with van der Waals surface area (Å²) in [5.74, 6) is -0.223. The number of hydrogen-bond acceptors (Lipinski definition) is 2. The third-order valence-corrected chi connectivity index (χ3v) is 4.11. The first-order chi connectivity index (χ1) is 10.6. The zero-order chi connectivity index (χ0) is 15.9.